The molecule has 17 heavy (non-hydrogen) atoms. The van der Waals surface area contributed by atoms with Crippen LogP contribution >= 0.6 is 0 Å². The summed E-state index contributed by atoms with van der Waals surface area (Å²) in [4.78, 5) is 4.27. The molecule has 1 heterocycles. The molecule has 0 radical (unpaired) electrons. The quantitative estimate of drug-likeness (QED) is 0.714. The van der Waals surface area contributed by atoms with Gasteiger partial charge in [-0.3, -0.25) is 4.98 Å². The minimum Gasteiger partial charge on any atom is -0.383 e. The molecule has 4 nitrogen and oxygen atoms in total. The average molecular weight is 237 g/mol. The molecule has 0 amide bonds. The number of nitrogens with zero attached hydrogens (tertiary/aromatic N) is 1. The normalized spacial score (nSPS) is 12.6. The van der Waals surface area contributed by atoms with E-state index in [0.717, 1.165) is 38.2 Å². The molecule has 0 bridgehead atoms. The minimum atomic E-state index is 0.366. The van der Waals surface area contributed by atoms with Crippen molar-refractivity contribution in [3.05, 3.63) is 29.6 Å². The van der Waals surface area contributed by atoms with Crippen LogP contribution in [-0.4, -0.2) is 31.3 Å². The molecule has 0 saturated heterocycles. The van der Waals surface area contributed by atoms with Crippen molar-refractivity contribution in [1.29, 1.82) is 0 Å². The van der Waals surface area contributed by atoms with E-state index in [1.54, 1.807) is 7.11 Å². The molecule has 0 aliphatic carbocycles. The Morgan fingerprint density at radius 3 is 2.88 bits per heavy atom. The summed E-state index contributed by atoms with van der Waals surface area (Å²) in [6, 6.07) is 4.49. The van der Waals surface area contributed by atoms with E-state index in [-0.39, 0.29) is 0 Å². The Morgan fingerprint density at radius 1 is 1.47 bits per heavy atom. The highest BCUT2D eigenvalue weighted by Gasteiger charge is 2.07. The van der Waals surface area contributed by atoms with E-state index in [4.69, 9.17) is 10.5 Å². The highest BCUT2D eigenvalue weighted by molar-refractivity contribution is 5.12. The molecule has 0 aliphatic rings. The Kier molecular flexibility index (Phi) is 6.77. The van der Waals surface area contributed by atoms with Gasteiger partial charge in [-0.1, -0.05) is 6.07 Å². The van der Waals surface area contributed by atoms with Gasteiger partial charge < -0.3 is 15.8 Å². The van der Waals surface area contributed by atoms with Gasteiger partial charge in [0, 0.05) is 31.6 Å². The maximum atomic E-state index is 5.52. The zero-order valence-electron chi connectivity index (χ0n) is 10.8. The zero-order chi connectivity index (χ0) is 12.5. The molecule has 96 valence electrons. The van der Waals surface area contributed by atoms with Crippen LogP contribution in [0.15, 0.2) is 18.3 Å². The Balaban J connectivity index is 2.37. The first-order valence-electron chi connectivity index (χ1n) is 6.10. The Hall–Kier alpha value is -0.970. The van der Waals surface area contributed by atoms with Gasteiger partial charge in [0.1, 0.15) is 0 Å². The van der Waals surface area contributed by atoms with Gasteiger partial charge in [-0.05, 0) is 37.9 Å². The van der Waals surface area contributed by atoms with Crippen LogP contribution in [-0.2, 0) is 11.3 Å². The molecule has 1 atom stereocenters. The van der Waals surface area contributed by atoms with Crippen molar-refractivity contribution in [2.75, 3.05) is 20.3 Å². The standard InChI is InChI=1S/C13H23N3O/c1-11-5-6-12(8-15-11)9-16-13(10-17-2)4-3-7-14/h5-6,8,13,16H,3-4,7,9-10,14H2,1-2H3. The van der Waals surface area contributed by atoms with Gasteiger partial charge in [0.05, 0.1) is 6.61 Å². The van der Waals surface area contributed by atoms with Crippen molar-refractivity contribution in [1.82, 2.24) is 10.3 Å². The Labute approximate surface area is 104 Å². The van der Waals surface area contributed by atoms with E-state index in [2.05, 4.69) is 16.4 Å². The fourth-order valence-corrected chi connectivity index (χ4v) is 1.67. The molecule has 1 aromatic rings. The fraction of sp³-hybridized carbons (Fsp3) is 0.615. The lowest BCUT2D eigenvalue weighted by Crippen LogP contribution is -2.33. The molecule has 1 unspecified atom stereocenters. The van der Waals surface area contributed by atoms with Gasteiger partial charge in [0.25, 0.3) is 0 Å². The highest BCUT2D eigenvalue weighted by atomic mass is 16.5. The van der Waals surface area contributed by atoms with Crippen LogP contribution in [0.2, 0.25) is 0 Å². The van der Waals surface area contributed by atoms with Gasteiger partial charge in [-0.2, -0.15) is 0 Å². The number of hydrogen-bond acceptors (Lipinski definition) is 4. The van der Waals surface area contributed by atoms with E-state index >= 15 is 0 Å². The summed E-state index contributed by atoms with van der Waals surface area (Å²) >= 11 is 0. The van der Waals surface area contributed by atoms with Gasteiger partial charge in [-0.15, -0.1) is 0 Å². The lowest BCUT2D eigenvalue weighted by atomic mass is 10.1. The van der Waals surface area contributed by atoms with Crippen molar-refractivity contribution in [3.63, 3.8) is 0 Å². The Bertz CT molecular complexity index is 300. The number of methoxy groups -OCH3 is 1. The largest absolute Gasteiger partial charge is 0.383 e. The smallest absolute Gasteiger partial charge is 0.0615 e. The summed E-state index contributed by atoms with van der Waals surface area (Å²) in [5, 5.41) is 3.47. The Morgan fingerprint density at radius 2 is 2.29 bits per heavy atom. The van der Waals surface area contributed by atoms with Crippen molar-refractivity contribution in [2.24, 2.45) is 5.73 Å². The number of pyridine rings is 1. The van der Waals surface area contributed by atoms with Crippen molar-refractivity contribution in [3.8, 4) is 0 Å². The highest BCUT2D eigenvalue weighted by Crippen LogP contribution is 2.02. The topological polar surface area (TPSA) is 60.2 Å². The van der Waals surface area contributed by atoms with Gasteiger partial charge in [0.15, 0.2) is 0 Å². The van der Waals surface area contributed by atoms with Crippen LogP contribution in [0.25, 0.3) is 0 Å². The predicted octanol–water partition coefficient (Wildman–Crippen LogP) is 1.23. The average Bonchev–Trinajstić information content (AvgIpc) is 2.35. The lowest BCUT2D eigenvalue weighted by Gasteiger charge is -2.17. The van der Waals surface area contributed by atoms with Crippen LogP contribution in [0, 0.1) is 6.92 Å². The molecule has 1 rings (SSSR count). The maximum Gasteiger partial charge on any atom is 0.0615 e. The minimum absolute atomic E-state index is 0.366. The second-order valence-electron chi connectivity index (χ2n) is 4.27. The van der Waals surface area contributed by atoms with Crippen LogP contribution in [0.4, 0.5) is 0 Å². The molecular formula is C13H23N3O. The molecule has 1 aromatic heterocycles. The third kappa shape index (κ3) is 5.77. The molecule has 4 heteroatoms. The predicted molar refractivity (Wildman–Crippen MR) is 69.8 cm³/mol. The molecular weight excluding hydrogens is 214 g/mol. The van der Waals surface area contributed by atoms with E-state index in [9.17, 15) is 0 Å². The molecule has 3 N–H and O–H groups in total. The van der Waals surface area contributed by atoms with Crippen molar-refractivity contribution in [2.45, 2.75) is 32.4 Å². The number of ether oxygens (including phenoxy) is 1. The maximum absolute atomic E-state index is 5.52. The van der Waals surface area contributed by atoms with Crippen LogP contribution in [0.5, 0.6) is 0 Å². The second kappa shape index (κ2) is 8.17. The van der Waals surface area contributed by atoms with Crippen molar-refractivity contribution < 1.29 is 4.74 Å². The number of aromatic nitrogens is 1. The second-order valence-corrected chi connectivity index (χ2v) is 4.27. The first-order valence-corrected chi connectivity index (χ1v) is 6.10. The van der Waals surface area contributed by atoms with Crippen LogP contribution < -0.4 is 11.1 Å². The van der Waals surface area contributed by atoms with Gasteiger partial charge in [-0.25, -0.2) is 0 Å². The molecule has 0 aromatic carbocycles. The van der Waals surface area contributed by atoms with E-state index in [1.165, 1.54) is 5.56 Å². The summed E-state index contributed by atoms with van der Waals surface area (Å²) in [5.41, 5.74) is 7.76. The number of nitrogens with one attached hydrogen (secondary N) is 1. The molecule has 0 spiro atoms. The van der Waals surface area contributed by atoms with Gasteiger partial charge >= 0.3 is 0 Å². The third-order valence-corrected chi connectivity index (χ3v) is 2.69. The summed E-state index contributed by atoms with van der Waals surface area (Å²) in [5.74, 6) is 0. The molecule has 0 saturated carbocycles. The first kappa shape index (κ1) is 14.1. The van der Waals surface area contributed by atoms with Crippen LogP contribution in [0.3, 0.4) is 0 Å². The van der Waals surface area contributed by atoms with Crippen LogP contribution in [0.1, 0.15) is 24.1 Å². The van der Waals surface area contributed by atoms with Gasteiger partial charge in [0.2, 0.25) is 0 Å². The number of aryl methyl sites for hydroxylation is 1. The lowest BCUT2D eigenvalue weighted by molar-refractivity contribution is 0.161. The summed E-state index contributed by atoms with van der Waals surface area (Å²) in [6.45, 7) is 4.27. The number of hydrogen-bond donors (Lipinski definition) is 2. The van der Waals surface area contributed by atoms with E-state index < -0.39 is 0 Å². The summed E-state index contributed by atoms with van der Waals surface area (Å²) in [6.07, 6.45) is 3.98. The summed E-state index contributed by atoms with van der Waals surface area (Å²) < 4.78 is 5.19. The number of rotatable bonds is 8. The first-order chi connectivity index (χ1) is 8.26. The monoisotopic (exact) mass is 237 g/mol. The van der Waals surface area contributed by atoms with E-state index in [0.29, 0.717) is 6.04 Å². The molecule has 0 aliphatic heterocycles. The van der Waals surface area contributed by atoms with E-state index in [1.807, 2.05) is 19.2 Å². The third-order valence-electron chi connectivity index (χ3n) is 2.69. The number of nitrogens with two attached hydrogens (primary N) is 1. The summed E-state index contributed by atoms with van der Waals surface area (Å²) in [7, 11) is 1.73. The fourth-order valence-electron chi connectivity index (χ4n) is 1.67. The SMILES string of the molecule is COCC(CCCN)NCc1ccc(C)nc1. The van der Waals surface area contributed by atoms with Crippen molar-refractivity contribution >= 4 is 0 Å². The zero-order valence-corrected chi connectivity index (χ0v) is 10.8. The molecule has 0 fully saturated rings.